The van der Waals surface area contributed by atoms with Crippen molar-refractivity contribution in [2.75, 3.05) is 20.6 Å². The van der Waals surface area contributed by atoms with Crippen LogP contribution in [0, 0.1) is 5.92 Å². The highest BCUT2D eigenvalue weighted by Gasteiger charge is 2.18. The second-order valence-corrected chi connectivity index (χ2v) is 6.74. The average Bonchev–Trinajstić information content (AvgIpc) is 2.87. The minimum Gasteiger partial charge on any atom is -0.477 e. The number of thiophene rings is 1. The molecule has 2 aromatic rings. The molecule has 110 valence electrons. The zero-order chi connectivity index (χ0) is 14.9. The van der Waals surface area contributed by atoms with Gasteiger partial charge in [-0.25, -0.2) is 4.79 Å². The lowest BCUT2D eigenvalue weighted by Crippen LogP contribution is -2.19. The van der Waals surface area contributed by atoms with Gasteiger partial charge in [-0.2, -0.15) is 5.10 Å². The van der Waals surface area contributed by atoms with E-state index in [-0.39, 0.29) is 0 Å². The van der Waals surface area contributed by atoms with E-state index < -0.39 is 5.97 Å². The molecule has 0 bridgehead atoms. The van der Waals surface area contributed by atoms with Crippen LogP contribution in [0.1, 0.15) is 29.2 Å². The van der Waals surface area contributed by atoms with Crippen molar-refractivity contribution in [3.8, 4) is 0 Å². The molecule has 0 amide bonds. The fourth-order valence-electron chi connectivity index (χ4n) is 2.11. The molecule has 0 aliphatic rings. The van der Waals surface area contributed by atoms with Gasteiger partial charge in [0.1, 0.15) is 9.71 Å². The number of carboxylic acid groups (broad SMARTS) is 1. The summed E-state index contributed by atoms with van der Waals surface area (Å²) in [5.74, 6) is -0.357. The molecule has 1 N–H and O–H groups in total. The monoisotopic (exact) mass is 295 g/mol. The molecule has 0 unspecified atom stereocenters. The molecule has 0 aliphatic carbocycles. The summed E-state index contributed by atoms with van der Waals surface area (Å²) in [6.45, 7) is 5.96. The molecule has 0 atom stereocenters. The Morgan fingerprint density at radius 2 is 2.20 bits per heavy atom. The average molecular weight is 295 g/mol. The van der Waals surface area contributed by atoms with Gasteiger partial charge in [0.25, 0.3) is 0 Å². The molecule has 5 nitrogen and oxygen atoms in total. The van der Waals surface area contributed by atoms with Gasteiger partial charge < -0.3 is 10.0 Å². The maximum absolute atomic E-state index is 11.2. The van der Waals surface area contributed by atoms with Crippen molar-refractivity contribution in [3.63, 3.8) is 0 Å². The second-order valence-electron chi connectivity index (χ2n) is 5.71. The molecule has 6 heteroatoms. The number of rotatable bonds is 6. The number of hydrogen-bond acceptors (Lipinski definition) is 4. The van der Waals surface area contributed by atoms with Crippen molar-refractivity contribution >= 4 is 27.5 Å². The van der Waals surface area contributed by atoms with E-state index in [1.165, 1.54) is 11.3 Å². The van der Waals surface area contributed by atoms with E-state index in [0.717, 1.165) is 35.4 Å². The molecule has 0 spiro atoms. The van der Waals surface area contributed by atoms with Gasteiger partial charge in [-0.1, -0.05) is 13.8 Å². The highest BCUT2D eigenvalue weighted by Crippen LogP contribution is 2.29. The minimum atomic E-state index is -0.860. The summed E-state index contributed by atoms with van der Waals surface area (Å²) >= 11 is 1.31. The second kappa shape index (κ2) is 5.93. The number of carbonyl (C=O) groups is 1. The summed E-state index contributed by atoms with van der Waals surface area (Å²) in [6, 6.07) is 1.76. The van der Waals surface area contributed by atoms with Crippen LogP contribution in [-0.2, 0) is 13.0 Å². The molecule has 0 fully saturated rings. The summed E-state index contributed by atoms with van der Waals surface area (Å²) in [4.78, 5) is 14.6. The third kappa shape index (κ3) is 3.19. The Bertz CT molecular complexity index is 613. The first-order valence-corrected chi connectivity index (χ1v) is 7.57. The fraction of sp³-hybridized carbons (Fsp3) is 0.571. The molecule has 0 radical (unpaired) electrons. The summed E-state index contributed by atoms with van der Waals surface area (Å²) in [5, 5.41) is 14.8. The summed E-state index contributed by atoms with van der Waals surface area (Å²) in [5.41, 5.74) is 1.01. The Hall–Kier alpha value is -1.40. The Labute approximate surface area is 122 Å². The van der Waals surface area contributed by atoms with E-state index in [2.05, 4.69) is 23.8 Å². The third-order valence-electron chi connectivity index (χ3n) is 3.07. The third-order valence-corrected chi connectivity index (χ3v) is 4.21. The van der Waals surface area contributed by atoms with Gasteiger partial charge in [-0.3, -0.25) is 4.68 Å². The van der Waals surface area contributed by atoms with Crippen molar-refractivity contribution in [1.82, 2.24) is 14.7 Å². The predicted molar refractivity (Wildman–Crippen MR) is 81.7 cm³/mol. The molecular weight excluding hydrogens is 274 g/mol. The lowest BCUT2D eigenvalue weighted by molar-refractivity contribution is 0.0702. The van der Waals surface area contributed by atoms with E-state index in [1.54, 1.807) is 6.07 Å². The van der Waals surface area contributed by atoms with Gasteiger partial charge in [-0.05, 0) is 32.5 Å². The Morgan fingerprint density at radius 1 is 1.50 bits per heavy atom. The van der Waals surface area contributed by atoms with E-state index >= 15 is 0 Å². The number of aromatic carboxylic acids is 1. The van der Waals surface area contributed by atoms with Crippen LogP contribution >= 0.6 is 11.3 Å². The Morgan fingerprint density at radius 3 is 2.75 bits per heavy atom. The summed E-state index contributed by atoms with van der Waals surface area (Å²) < 4.78 is 1.95. The maximum atomic E-state index is 11.2. The molecule has 0 aromatic carbocycles. The number of hydrogen-bond donors (Lipinski definition) is 1. The molecular formula is C14H21N3O2S. The first-order chi connectivity index (χ1) is 9.38. The predicted octanol–water partition coefficient (Wildman–Crippen LogP) is 2.56. The van der Waals surface area contributed by atoms with E-state index in [0.29, 0.717) is 10.8 Å². The topological polar surface area (TPSA) is 58.4 Å². The molecule has 0 saturated carbocycles. The quantitative estimate of drug-likeness (QED) is 0.890. The number of carboxylic acids is 1. The van der Waals surface area contributed by atoms with Crippen LogP contribution in [0.25, 0.3) is 10.2 Å². The van der Waals surface area contributed by atoms with Crippen LogP contribution in [0.5, 0.6) is 0 Å². The van der Waals surface area contributed by atoms with Crippen molar-refractivity contribution < 1.29 is 9.90 Å². The van der Waals surface area contributed by atoms with Gasteiger partial charge in [0, 0.05) is 11.9 Å². The molecule has 0 aliphatic heterocycles. The maximum Gasteiger partial charge on any atom is 0.345 e. The van der Waals surface area contributed by atoms with Gasteiger partial charge >= 0.3 is 5.97 Å². The number of aromatic nitrogens is 2. The molecule has 20 heavy (non-hydrogen) atoms. The number of fused-ring (bicyclic) bond motifs is 1. The molecule has 2 rings (SSSR count). The SMILES string of the molecule is CC(C)Cc1nn(CCN(C)C)c2sc(C(=O)O)cc12. The smallest absolute Gasteiger partial charge is 0.345 e. The zero-order valence-electron chi connectivity index (χ0n) is 12.4. The van der Waals surface area contributed by atoms with Crippen LogP contribution in [0.2, 0.25) is 0 Å². The first kappa shape index (κ1) is 15.0. The molecule has 0 saturated heterocycles. The first-order valence-electron chi connectivity index (χ1n) is 6.75. The fourth-order valence-corrected chi connectivity index (χ4v) is 3.11. The zero-order valence-corrected chi connectivity index (χ0v) is 13.2. The highest BCUT2D eigenvalue weighted by atomic mass is 32.1. The van der Waals surface area contributed by atoms with Crippen molar-refractivity contribution in [3.05, 3.63) is 16.6 Å². The number of nitrogens with zero attached hydrogens (tertiary/aromatic N) is 3. The molecule has 2 heterocycles. The van der Waals surface area contributed by atoms with E-state index in [4.69, 9.17) is 5.11 Å². The van der Waals surface area contributed by atoms with Crippen LogP contribution in [0.3, 0.4) is 0 Å². The standard InChI is InChI=1S/C14H21N3O2S/c1-9(2)7-11-10-8-12(14(18)19)20-13(10)17(15-11)6-5-16(3)4/h8-9H,5-7H2,1-4H3,(H,18,19). The summed E-state index contributed by atoms with van der Waals surface area (Å²) in [6.07, 6.45) is 0.876. The largest absolute Gasteiger partial charge is 0.477 e. The van der Waals surface area contributed by atoms with Crippen LogP contribution in [0.15, 0.2) is 6.07 Å². The summed E-state index contributed by atoms with van der Waals surface area (Å²) in [7, 11) is 4.04. The van der Waals surface area contributed by atoms with Gasteiger partial charge in [0.2, 0.25) is 0 Å². The minimum absolute atomic E-state index is 0.390. The van der Waals surface area contributed by atoms with Crippen LogP contribution in [0.4, 0.5) is 0 Å². The van der Waals surface area contributed by atoms with Crippen LogP contribution in [-0.4, -0.2) is 46.4 Å². The van der Waals surface area contributed by atoms with Gasteiger partial charge in [0.15, 0.2) is 0 Å². The van der Waals surface area contributed by atoms with Crippen LogP contribution < -0.4 is 0 Å². The van der Waals surface area contributed by atoms with Gasteiger partial charge in [-0.15, -0.1) is 11.3 Å². The van der Waals surface area contributed by atoms with Crippen molar-refractivity contribution in [1.29, 1.82) is 0 Å². The highest BCUT2D eigenvalue weighted by molar-refractivity contribution is 7.20. The number of likely N-dealkylation sites (N-methyl/N-ethyl adjacent to an activating group) is 1. The van der Waals surface area contributed by atoms with Gasteiger partial charge in [0.05, 0.1) is 12.2 Å². The molecule has 2 aromatic heterocycles. The Kier molecular flexibility index (Phi) is 4.45. The van der Waals surface area contributed by atoms with E-state index in [1.807, 2.05) is 18.8 Å². The Balaban J connectivity index is 2.42. The van der Waals surface area contributed by atoms with Crippen molar-refractivity contribution in [2.45, 2.75) is 26.8 Å². The van der Waals surface area contributed by atoms with E-state index in [9.17, 15) is 4.79 Å². The normalized spacial score (nSPS) is 11.9. The van der Waals surface area contributed by atoms with Crippen molar-refractivity contribution in [2.24, 2.45) is 5.92 Å². The lowest BCUT2D eigenvalue weighted by atomic mass is 10.1. The lowest BCUT2D eigenvalue weighted by Gasteiger charge is -2.09.